The molecule has 0 saturated heterocycles. The molecule has 0 unspecified atom stereocenters. The molecule has 2 rings (SSSR count). The molecule has 0 atom stereocenters. The summed E-state index contributed by atoms with van der Waals surface area (Å²) in [5, 5.41) is 0.566. The molecule has 0 bridgehead atoms. The summed E-state index contributed by atoms with van der Waals surface area (Å²) in [5.41, 5.74) is 0.574. The summed E-state index contributed by atoms with van der Waals surface area (Å²) in [6.45, 7) is 2.22. The molecule has 4 heteroatoms. The molecule has 0 N–H and O–H groups in total. The molecular formula is C16H15ClO3. The first-order valence-corrected chi connectivity index (χ1v) is 6.66. The molecule has 2 aromatic rings. The van der Waals surface area contributed by atoms with Gasteiger partial charge >= 0.3 is 0 Å². The minimum atomic E-state index is -0.0207. The molecule has 0 heterocycles. The van der Waals surface area contributed by atoms with Gasteiger partial charge < -0.3 is 9.47 Å². The van der Waals surface area contributed by atoms with E-state index in [-0.39, 0.29) is 5.78 Å². The summed E-state index contributed by atoms with van der Waals surface area (Å²) in [6.07, 6.45) is 0. The van der Waals surface area contributed by atoms with Crippen LogP contribution in [0.5, 0.6) is 11.5 Å². The average Bonchev–Trinajstić information content (AvgIpc) is 2.45. The van der Waals surface area contributed by atoms with Crippen LogP contribution in [0.3, 0.4) is 0 Å². The lowest BCUT2D eigenvalue weighted by molar-refractivity contribution is 0.101. The first-order valence-electron chi connectivity index (χ1n) is 6.28. The van der Waals surface area contributed by atoms with Crippen molar-refractivity contribution in [3.8, 4) is 11.5 Å². The third-order valence-corrected chi connectivity index (χ3v) is 3.01. The normalized spacial score (nSPS) is 10.1. The second-order valence-electron chi connectivity index (χ2n) is 4.18. The monoisotopic (exact) mass is 290 g/mol. The number of benzene rings is 2. The third kappa shape index (κ3) is 3.75. The van der Waals surface area contributed by atoms with Gasteiger partial charge in [0, 0.05) is 0 Å². The number of hydrogen-bond acceptors (Lipinski definition) is 3. The van der Waals surface area contributed by atoms with E-state index in [4.69, 9.17) is 21.1 Å². The van der Waals surface area contributed by atoms with E-state index >= 15 is 0 Å². The van der Waals surface area contributed by atoms with Crippen molar-refractivity contribution in [2.75, 3.05) is 13.2 Å². The van der Waals surface area contributed by atoms with Crippen LogP contribution in [0.25, 0.3) is 0 Å². The van der Waals surface area contributed by atoms with E-state index in [1.165, 1.54) is 6.92 Å². The molecule has 2 aromatic carbocycles. The molecule has 104 valence electrons. The Bertz CT molecular complexity index is 596. The van der Waals surface area contributed by atoms with Crippen LogP contribution in [0.15, 0.2) is 48.5 Å². The van der Waals surface area contributed by atoms with E-state index in [1.54, 1.807) is 24.3 Å². The molecular weight excluding hydrogens is 276 g/mol. The quantitative estimate of drug-likeness (QED) is 0.596. The van der Waals surface area contributed by atoms with Crippen molar-refractivity contribution in [1.29, 1.82) is 0 Å². The standard InChI is InChI=1S/C16H15ClO3/c1-12(18)13-6-2-4-8-15(13)19-10-11-20-16-9-5-3-7-14(16)17/h2-9H,10-11H2,1H3. The maximum absolute atomic E-state index is 11.4. The summed E-state index contributed by atoms with van der Waals surface area (Å²) in [6, 6.07) is 14.4. The summed E-state index contributed by atoms with van der Waals surface area (Å²) in [4.78, 5) is 11.4. The van der Waals surface area contributed by atoms with Gasteiger partial charge in [-0.2, -0.15) is 0 Å². The number of rotatable bonds is 6. The van der Waals surface area contributed by atoms with Crippen molar-refractivity contribution >= 4 is 17.4 Å². The van der Waals surface area contributed by atoms with Crippen LogP contribution in [-0.2, 0) is 0 Å². The predicted octanol–water partition coefficient (Wildman–Crippen LogP) is 4.00. The van der Waals surface area contributed by atoms with Crippen LogP contribution in [-0.4, -0.2) is 19.0 Å². The number of halogens is 1. The Labute approximate surface area is 123 Å². The molecule has 0 aliphatic rings. The predicted molar refractivity (Wildman–Crippen MR) is 78.9 cm³/mol. The molecule has 0 spiro atoms. The first kappa shape index (κ1) is 14.4. The lowest BCUT2D eigenvalue weighted by Gasteiger charge is -2.11. The Morgan fingerprint density at radius 3 is 2.15 bits per heavy atom. The number of para-hydroxylation sites is 2. The van der Waals surface area contributed by atoms with Gasteiger partial charge in [0.25, 0.3) is 0 Å². The third-order valence-electron chi connectivity index (χ3n) is 2.70. The molecule has 0 fully saturated rings. The lowest BCUT2D eigenvalue weighted by Crippen LogP contribution is -2.10. The summed E-state index contributed by atoms with van der Waals surface area (Å²) in [7, 11) is 0. The van der Waals surface area contributed by atoms with E-state index in [9.17, 15) is 4.79 Å². The van der Waals surface area contributed by atoms with Gasteiger partial charge in [0.05, 0.1) is 10.6 Å². The van der Waals surface area contributed by atoms with Crippen LogP contribution in [0.4, 0.5) is 0 Å². The summed E-state index contributed by atoms with van der Waals surface area (Å²) in [5.74, 6) is 1.17. The Hall–Kier alpha value is -2.00. The average molecular weight is 291 g/mol. The van der Waals surface area contributed by atoms with Gasteiger partial charge in [-0.05, 0) is 31.2 Å². The highest BCUT2D eigenvalue weighted by molar-refractivity contribution is 6.32. The fourth-order valence-electron chi connectivity index (χ4n) is 1.75. The fourth-order valence-corrected chi connectivity index (χ4v) is 1.94. The zero-order valence-electron chi connectivity index (χ0n) is 11.1. The molecule has 3 nitrogen and oxygen atoms in total. The molecule has 0 aliphatic heterocycles. The van der Waals surface area contributed by atoms with Gasteiger partial charge in [0.15, 0.2) is 5.78 Å². The minimum Gasteiger partial charge on any atom is -0.489 e. The fraction of sp³-hybridized carbons (Fsp3) is 0.188. The zero-order chi connectivity index (χ0) is 14.4. The smallest absolute Gasteiger partial charge is 0.163 e. The van der Waals surface area contributed by atoms with Crippen molar-refractivity contribution in [2.24, 2.45) is 0 Å². The van der Waals surface area contributed by atoms with Crippen LogP contribution in [0, 0.1) is 0 Å². The number of carbonyl (C=O) groups excluding carboxylic acids is 1. The Balaban J connectivity index is 1.88. The molecule has 0 aromatic heterocycles. The van der Waals surface area contributed by atoms with Crippen molar-refractivity contribution in [2.45, 2.75) is 6.92 Å². The number of Topliss-reactive ketones (excluding diaryl/α,β-unsaturated/α-hetero) is 1. The first-order chi connectivity index (χ1) is 9.68. The highest BCUT2D eigenvalue weighted by Gasteiger charge is 2.07. The van der Waals surface area contributed by atoms with Gasteiger partial charge in [0.2, 0.25) is 0 Å². The Morgan fingerprint density at radius 2 is 1.50 bits per heavy atom. The second-order valence-corrected chi connectivity index (χ2v) is 4.59. The van der Waals surface area contributed by atoms with Crippen LogP contribution < -0.4 is 9.47 Å². The Morgan fingerprint density at radius 1 is 0.950 bits per heavy atom. The Kier molecular flexibility index (Phi) is 5.02. The highest BCUT2D eigenvalue weighted by atomic mass is 35.5. The number of carbonyl (C=O) groups is 1. The van der Waals surface area contributed by atoms with Crippen molar-refractivity contribution < 1.29 is 14.3 Å². The minimum absolute atomic E-state index is 0.0207. The number of hydrogen-bond donors (Lipinski definition) is 0. The SMILES string of the molecule is CC(=O)c1ccccc1OCCOc1ccccc1Cl. The lowest BCUT2D eigenvalue weighted by atomic mass is 10.1. The largest absolute Gasteiger partial charge is 0.489 e. The summed E-state index contributed by atoms with van der Waals surface area (Å²) >= 11 is 5.98. The summed E-state index contributed by atoms with van der Waals surface area (Å²) < 4.78 is 11.1. The topological polar surface area (TPSA) is 35.5 Å². The molecule has 0 saturated carbocycles. The van der Waals surface area contributed by atoms with Gasteiger partial charge in [-0.15, -0.1) is 0 Å². The van der Waals surface area contributed by atoms with Crippen LogP contribution in [0.1, 0.15) is 17.3 Å². The van der Waals surface area contributed by atoms with Crippen molar-refractivity contribution in [1.82, 2.24) is 0 Å². The zero-order valence-corrected chi connectivity index (χ0v) is 11.9. The van der Waals surface area contributed by atoms with E-state index in [1.807, 2.05) is 24.3 Å². The van der Waals surface area contributed by atoms with E-state index < -0.39 is 0 Å². The van der Waals surface area contributed by atoms with Gasteiger partial charge in [-0.25, -0.2) is 0 Å². The van der Waals surface area contributed by atoms with Gasteiger partial charge in [0.1, 0.15) is 24.7 Å². The molecule has 0 aliphatic carbocycles. The molecule has 20 heavy (non-hydrogen) atoms. The van der Waals surface area contributed by atoms with Gasteiger partial charge in [-0.3, -0.25) is 4.79 Å². The maximum atomic E-state index is 11.4. The molecule has 0 amide bonds. The maximum Gasteiger partial charge on any atom is 0.163 e. The van der Waals surface area contributed by atoms with E-state index in [0.717, 1.165) is 0 Å². The highest BCUT2D eigenvalue weighted by Crippen LogP contribution is 2.23. The van der Waals surface area contributed by atoms with Crippen LogP contribution in [0.2, 0.25) is 5.02 Å². The van der Waals surface area contributed by atoms with E-state index in [2.05, 4.69) is 0 Å². The number of ether oxygens (including phenoxy) is 2. The van der Waals surface area contributed by atoms with E-state index in [0.29, 0.717) is 35.3 Å². The van der Waals surface area contributed by atoms with Gasteiger partial charge in [-0.1, -0.05) is 35.9 Å². The second kappa shape index (κ2) is 6.96. The number of ketones is 1. The molecule has 0 radical (unpaired) electrons. The van der Waals surface area contributed by atoms with Crippen molar-refractivity contribution in [3.05, 3.63) is 59.1 Å². The van der Waals surface area contributed by atoms with Crippen molar-refractivity contribution in [3.63, 3.8) is 0 Å². The van der Waals surface area contributed by atoms with Crippen LogP contribution >= 0.6 is 11.6 Å².